The minimum Gasteiger partial charge on any atom is -0.493 e. The molecule has 0 aromatic rings. The molecular formula is C21H28O7. The van der Waals surface area contributed by atoms with Crippen molar-refractivity contribution >= 4 is 17.5 Å². The smallest absolute Gasteiger partial charge is 0.306 e. The molecule has 1 aliphatic heterocycles. The zero-order valence-corrected chi connectivity index (χ0v) is 16.9. The molecule has 0 aromatic carbocycles. The molecule has 7 nitrogen and oxygen atoms in total. The monoisotopic (exact) mass is 392 g/mol. The summed E-state index contributed by atoms with van der Waals surface area (Å²) in [5.41, 5.74) is -3.85. The average molecular weight is 392 g/mol. The predicted octanol–water partition coefficient (Wildman–Crippen LogP) is 1.01. The first-order chi connectivity index (χ1) is 12.9. The van der Waals surface area contributed by atoms with Gasteiger partial charge in [-0.15, -0.1) is 0 Å². The van der Waals surface area contributed by atoms with Crippen LogP contribution in [0.5, 0.6) is 0 Å². The second-order valence-electron chi connectivity index (χ2n) is 9.58. The van der Waals surface area contributed by atoms with Gasteiger partial charge in [0.2, 0.25) is 5.78 Å². The quantitative estimate of drug-likeness (QED) is 0.641. The number of hydrogen-bond donors (Lipinski definition) is 2. The number of ketones is 2. The van der Waals surface area contributed by atoms with Crippen molar-refractivity contribution in [3.63, 3.8) is 0 Å². The second kappa shape index (κ2) is 5.66. The lowest BCUT2D eigenvalue weighted by Gasteiger charge is -2.67. The van der Waals surface area contributed by atoms with Crippen LogP contribution in [0.4, 0.5) is 0 Å². The molecule has 7 heteroatoms. The molecule has 4 aliphatic rings. The minimum atomic E-state index is -1.87. The van der Waals surface area contributed by atoms with Crippen molar-refractivity contribution in [2.75, 3.05) is 7.11 Å². The molecule has 154 valence electrons. The Bertz CT molecular complexity index is 799. The fourth-order valence-electron chi connectivity index (χ4n) is 7.04. The predicted molar refractivity (Wildman–Crippen MR) is 96.7 cm³/mol. The fraction of sp³-hybridized carbons (Fsp3) is 0.762. The van der Waals surface area contributed by atoms with Crippen LogP contribution in [0.1, 0.15) is 40.5 Å². The van der Waals surface area contributed by atoms with Crippen molar-refractivity contribution in [1.29, 1.82) is 0 Å². The SMILES string of the molecule is COC1=CC(C)C2CC3OC(=O)CC4C(C)(O)C(=O)C(O)C(C2(C)C1=O)C34C. The van der Waals surface area contributed by atoms with Gasteiger partial charge in [0, 0.05) is 22.7 Å². The van der Waals surface area contributed by atoms with Crippen LogP contribution >= 0.6 is 0 Å². The first-order valence-electron chi connectivity index (χ1n) is 9.86. The highest BCUT2D eigenvalue weighted by Crippen LogP contribution is 2.68. The number of carbonyl (C=O) groups excluding carboxylic acids is 3. The van der Waals surface area contributed by atoms with E-state index in [9.17, 15) is 24.6 Å². The number of carbonyl (C=O) groups is 3. The maximum Gasteiger partial charge on any atom is 0.306 e. The number of hydrogen-bond acceptors (Lipinski definition) is 7. The van der Waals surface area contributed by atoms with Crippen LogP contribution in [-0.2, 0) is 23.9 Å². The molecule has 0 radical (unpaired) electrons. The molecule has 3 fully saturated rings. The third kappa shape index (κ3) is 2.04. The van der Waals surface area contributed by atoms with Crippen LogP contribution in [0.15, 0.2) is 11.8 Å². The molecule has 28 heavy (non-hydrogen) atoms. The lowest BCUT2D eigenvalue weighted by molar-refractivity contribution is -0.269. The fourth-order valence-corrected chi connectivity index (χ4v) is 7.04. The molecule has 4 rings (SSSR count). The first kappa shape index (κ1) is 19.6. The van der Waals surface area contributed by atoms with E-state index in [0.717, 1.165) is 0 Å². The Morgan fingerprint density at radius 1 is 1.21 bits per heavy atom. The Hall–Kier alpha value is -1.73. The molecular weight excluding hydrogens is 364 g/mol. The summed E-state index contributed by atoms with van der Waals surface area (Å²) >= 11 is 0. The summed E-state index contributed by atoms with van der Waals surface area (Å²) in [4.78, 5) is 38.8. The number of aliphatic hydroxyl groups excluding tert-OH is 1. The van der Waals surface area contributed by atoms with E-state index in [0.29, 0.717) is 6.42 Å². The molecule has 1 heterocycles. The van der Waals surface area contributed by atoms with Crippen molar-refractivity contribution < 1.29 is 34.1 Å². The Morgan fingerprint density at radius 3 is 2.46 bits per heavy atom. The third-order valence-electron chi connectivity index (χ3n) is 8.39. The van der Waals surface area contributed by atoms with E-state index in [4.69, 9.17) is 9.47 Å². The Morgan fingerprint density at radius 2 is 1.86 bits per heavy atom. The Kier molecular flexibility index (Phi) is 3.96. The summed E-state index contributed by atoms with van der Waals surface area (Å²) < 4.78 is 11.0. The van der Waals surface area contributed by atoms with Gasteiger partial charge in [-0.05, 0) is 31.3 Å². The van der Waals surface area contributed by atoms with Crippen LogP contribution in [0.25, 0.3) is 0 Å². The summed E-state index contributed by atoms with van der Waals surface area (Å²) in [6.45, 7) is 6.96. The third-order valence-corrected chi connectivity index (χ3v) is 8.39. The summed E-state index contributed by atoms with van der Waals surface area (Å²) in [7, 11) is 1.44. The molecule has 1 saturated heterocycles. The van der Waals surface area contributed by atoms with Crippen molar-refractivity contribution in [1.82, 2.24) is 0 Å². The number of methoxy groups -OCH3 is 1. The van der Waals surface area contributed by atoms with Gasteiger partial charge in [0.05, 0.1) is 13.5 Å². The summed E-state index contributed by atoms with van der Waals surface area (Å²) in [5.74, 6) is -3.01. The van der Waals surface area contributed by atoms with Gasteiger partial charge >= 0.3 is 5.97 Å². The van der Waals surface area contributed by atoms with E-state index < -0.39 is 52.2 Å². The zero-order valence-electron chi connectivity index (χ0n) is 16.9. The van der Waals surface area contributed by atoms with Crippen molar-refractivity contribution in [3.8, 4) is 0 Å². The Labute approximate surface area is 164 Å². The van der Waals surface area contributed by atoms with Gasteiger partial charge in [-0.1, -0.05) is 20.8 Å². The van der Waals surface area contributed by atoms with Crippen LogP contribution in [0.3, 0.4) is 0 Å². The number of rotatable bonds is 1. The summed E-state index contributed by atoms with van der Waals surface area (Å²) in [6.07, 6.45) is -0.0260. The topological polar surface area (TPSA) is 110 Å². The number of Topliss-reactive ketones (excluding diaryl/α,β-unsaturated/α-hetero) is 2. The maximum atomic E-state index is 13.5. The van der Waals surface area contributed by atoms with Crippen LogP contribution in [-0.4, -0.2) is 52.7 Å². The number of fused-ring (bicyclic) bond motifs is 2. The standard InChI is InChI=1S/C21H28O7/c1-9-6-11(27-5)17(24)19(2)10(9)7-13-20(3)12(8-14(22)28-13)21(4,26)18(25)15(23)16(19)20/h6,9-10,12-13,15-16,23,26H,7-8H2,1-5H3. The Balaban J connectivity index is 1.96. The second-order valence-corrected chi connectivity index (χ2v) is 9.58. The van der Waals surface area contributed by atoms with Crippen molar-refractivity contribution in [3.05, 3.63) is 11.8 Å². The zero-order chi connectivity index (χ0) is 20.8. The number of esters is 1. The number of aliphatic hydroxyl groups is 2. The van der Waals surface area contributed by atoms with Crippen molar-refractivity contribution in [2.24, 2.45) is 34.5 Å². The largest absolute Gasteiger partial charge is 0.493 e. The number of allylic oxidation sites excluding steroid dienone is 2. The first-order valence-corrected chi connectivity index (χ1v) is 9.86. The molecule has 0 spiro atoms. The van der Waals surface area contributed by atoms with Gasteiger partial charge in [-0.3, -0.25) is 14.4 Å². The lowest BCUT2D eigenvalue weighted by atomic mass is 9.38. The molecule has 3 aliphatic carbocycles. The maximum absolute atomic E-state index is 13.5. The molecule has 0 amide bonds. The molecule has 9 atom stereocenters. The summed E-state index contributed by atoms with van der Waals surface area (Å²) in [5, 5.41) is 22.1. The molecule has 0 aromatic heterocycles. The van der Waals surface area contributed by atoms with Gasteiger partial charge in [-0.25, -0.2) is 0 Å². The molecule has 2 saturated carbocycles. The minimum absolute atomic E-state index is 0.0639. The molecule has 0 bridgehead atoms. The van der Waals surface area contributed by atoms with E-state index in [2.05, 4.69) is 0 Å². The van der Waals surface area contributed by atoms with E-state index in [1.54, 1.807) is 13.0 Å². The van der Waals surface area contributed by atoms with E-state index in [-0.39, 0.29) is 29.8 Å². The number of ether oxygens (including phenoxy) is 2. The van der Waals surface area contributed by atoms with E-state index in [1.165, 1.54) is 14.0 Å². The molecule has 9 unspecified atom stereocenters. The molecule has 2 N–H and O–H groups in total. The van der Waals surface area contributed by atoms with E-state index in [1.807, 2.05) is 13.8 Å². The van der Waals surface area contributed by atoms with Crippen LogP contribution in [0, 0.1) is 34.5 Å². The van der Waals surface area contributed by atoms with Crippen LogP contribution < -0.4 is 0 Å². The van der Waals surface area contributed by atoms with Crippen molar-refractivity contribution in [2.45, 2.75) is 58.3 Å². The summed E-state index contributed by atoms with van der Waals surface area (Å²) in [6, 6.07) is 0. The van der Waals surface area contributed by atoms with Gasteiger partial charge in [0.25, 0.3) is 0 Å². The van der Waals surface area contributed by atoms with Crippen LogP contribution in [0.2, 0.25) is 0 Å². The highest BCUT2D eigenvalue weighted by molar-refractivity contribution is 6.01. The highest BCUT2D eigenvalue weighted by Gasteiger charge is 2.75. The lowest BCUT2D eigenvalue weighted by Crippen LogP contribution is -2.76. The highest BCUT2D eigenvalue weighted by atomic mass is 16.5. The van der Waals surface area contributed by atoms with Gasteiger partial charge in [0.1, 0.15) is 17.8 Å². The van der Waals surface area contributed by atoms with E-state index >= 15 is 0 Å². The average Bonchev–Trinajstić information content (AvgIpc) is 2.62. The normalized spacial score (nSPS) is 53.0. The van der Waals surface area contributed by atoms with Gasteiger partial charge < -0.3 is 19.7 Å². The van der Waals surface area contributed by atoms with Gasteiger partial charge in [0.15, 0.2) is 11.5 Å². The van der Waals surface area contributed by atoms with Gasteiger partial charge in [-0.2, -0.15) is 0 Å².